The van der Waals surface area contributed by atoms with E-state index in [0.29, 0.717) is 0 Å². The van der Waals surface area contributed by atoms with E-state index in [1.807, 2.05) is 0 Å². The SMILES string of the molecule is N#CC#Cc1cc([N+](=O)[O-])c(N)nc1Cl. The van der Waals surface area contributed by atoms with Gasteiger partial charge in [-0.3, -0.25) is 10.1 Å². The zero-order valence-corrected chi connectivity index (χ0v) is 7.95. The average Bonchev–Trinajstić information content (AvgIpc) is 2.16. The zero-order valence-electron chi connectivity index (χ0n) is 7.19. The normalized spacial score (nSPS) is 8.53. The van der Waals surface area contributed by atoms with Gasteiger partial charge in [0.1, 0.15) is 5.15 Å². The minimum Gasteiger partial charge on any atom is -0.378 e. The van der Waals surface area contributed by atoms with Crippen LogP contribution in [0.15, 0.2) is 6.07 Å². The van der Waals surface area contributed by atoms with Crippen LogP contribution in [0.3, 0.4) is 0 Å². The van der Waals surface area contributed by atoms with E-state index in [1.165, 1.54) is 0 Å². The lowest BCUT2D eigenvalue weighted by molar-refractivity contribution is -0.384. The van der Waals surface area contributed by atoms with Gasteiger partial charge in [-0.1, -0.05) is 11.6 Å². The quantitative estimate of drug-likeness (QED) is 0.331. The Morgan fingerprint density at radius 2 is 2.33 bits per heavy atom. The number of nitrogens with zero attached hydrogens (tertiary/aromatic N) is 3. The standard InChI is InChI=1S/C8H3ClN4O2/c9-7-5(2-1-3-10)4-6(13(14)15)8(11)12-7/h4H,(H2,11,12). The topological polar surface area (TPSA) is 106 Å². The molecule has 0 bridgehead atoms. The molecule has 6 nitrogen and oxygen atoms in total. The number of nitrogens with two attached hydrogens (primary N) is 1. The maximum Gasteiger partial charge on any atom is 0.312 e. The van der Waals surface area contributed by atoms with Gasteiger partial charge in [-0.2, -0.15) is 5.26 Å². The summed E-state index contributed by atoms with van der Waals surface area (Å²) in [5.74, 6) is 4.09. The van der Waals surface area contributed by atoms with E-state index in [9.17, 15) is 10.1 Å². The van der Waals surface area contributed by atoms with Crippen LogP contribution >= 0.6 is 11.6 Å². The number of halogens is 1. The van der Waals surface area contributed by atoms with Gasteiger partial charge in [-0.05, 0) is 5.92 Å². The van der Waals surface area contributed by atoms with Crippen LogP contribution in [0.2, 0.25) is 5.15 Å². The summed E-state index contributed by atoms with van der Waals surface area (Å²) in [6.07, 6.45) is 0. The number of pyridine rings is 1. The fourth-order valence-electron chi connectivity index (χ4n) is 0.823. The maximum absolute atomic E-state index is 10.5. The van der Waals surface area contributed by atoms with E-state index in [0.717, 1.165) is 6.07 Å². The fraction of sp³-hybridized carbons (Fsp3) is 0. The van der Waals surface area contributed by atoms with Crippen molar-refractivity contribution in [2.75, 3.05) is 5.73 Å². The second-order valence-electron chi connectivity index (χ2n) is 2.35. The van der Waals surface area contributed by atoms with Gasteiger partial charge in [0.25, 0.3) is 0 Å². The summed E-state index contributed by atoms with van der Waals surface area (Å²) in [5.41, 5.74) is 4.98. The number of nitrogen functional groups attached to an aromatic ring is 1. The molecule has 0 amide bonds. The second-order valence-corrected chi connectivity index (χ2v) is 2.71. The minimum absolute atomic E-state index is 0.0687. The lowest BCUT2D eigenvalue weighted by atomic mass is 10.2. The molecule has 0 aromatic carbocycles. The van der Waals surface area contributed by atoms with Crippen LogP contribution in [0.1, 0.15) is 5.56 Å². The van der Waals surface area contributed by atoms with Crippen LogP contribution < -0.4 is 5.73 Å². The Morgan fingerprint density at radius 1 is 1.67 bits per heavy atom. The Balaban J connectivity index is 3.37. The van der Waals surface area contributed by atoms with Gasteiger partial charge < -0.3 is 5.73 Å². The molecule has 0 spiro atoms. The molecule has 0 atom stereocenters. The Kier molecular flexibility index (Phi) is 3.06. The van der Waals surface area contributed by atoms with Gasteiger partial charge in [0.05, 0.1) is 10.5 Å². The predicted octanol–water partition coefficient (Wildman–Crippen LogP) is 1.10. The van der Waals surface area contributed by atoms with E-state index in [1.54, 1.807) is 6.07 Å². The number of hydrogen-bond acceptors (Lipinski definition) is 5. The van der Waals surface area contributed by atoms with Crippen molar-refractivity contribution in [3.05, 3.63) is 26.9 Å². The highest BCUT2D eigenvalue weighted by Crippen LogP contribution is 2.24. The van der Waals surface area contributed by atoms with E-state index in [2.05, 4.69) is 16.8 Å². The minimum atomic E-state index is -0.698. The number of nitriles is 1. The molecule has 0 fully saturated rings. The van der Waals surface area contributed by atoms with E-state index >= 15 is 0 Å². The highest BCUT2D eigenvalue weighted by Gasteiger charge is 2.15. The molecule has 0 aliphatic heterocycles. The van der Waals surface area contributed by atoms with Gasteiger partial charge in [-0.25, -0.2) is 4.98 Å². The summed E-state index contributed by atoms with van der Waals surface area (Å²) in [5, 5.41) is 18.6. The molecule has 1 aromatic heterocycles. The first kappa shape index (κ1) is 10.8. The smallest absolute Gasteiger partial charge is 0.312 e. The van der Waals surface area contributed by atoms with Crippen molar-refractivity contribution < 1.29 is 4.92 Å². The molecule has 0 unspecified atom stereocenters. The van der Waals surface area contributed by atoms with Gasteiger partial charge in [0.2, 0.25) is 5.82 Å². The van der Waals surface area contributed by atoms with E-state index < -0.39 is 4.92 Å². The van der Waals surface area contributed by atoms with Gasteiger partial charge in [0.15, 0.2) is 6.07 Å². The van der Waals surface area contributed by atoms with Crippen molar-refractivity contribution >= 4 is 23.1 Å². The second kappa shape index (κ2) is 4.27. The number of hydrogen-bond donors (Lipinski definition) is 1. The third-order valence-corrected chi connectivity index (χ3v) is 1.72. The third kappa shape index (κ3) is 2.33. The molecule has 0 aliphatic rings. The van der Waals surface area contributed by atoms with Crippen molar-refractivity contribution in [3.63, 3.8) is 0 Å². The summed E-state index contributed by atoms with van der Waals surface area (Å²) in [4.78, 5) is 13.3. The van der Waals surface area contributed by atoms with Crippen LogP contribution in [0.25, 0.3) is 0 Å². The zero-order chi connectivity index (χ0) is 11.4. The number of nitro groups is 1. The molecular weight excluding hydrogens is 220 g/mol. The Hall–Kier alpha value is -2.31. The number of anilines is 1. The Labute approximate surface area is 89.4 Å². The summed E-state index contributed by atoms with van der Waals surface area (Å²) < 4.78 is 0. The van der Waals surface area contributed by atoms with Crippen molar-refractivity contribution in [3.8, 4) is 17.9 Å². The van der Waals surface area contributed by atoms with E-state index in [4.69, 9.17) is 22.6 Å². The molecule has 0 saturated heterocycles. The molecular formula is C8H3ClN4O2. The summed E-state index contributed by atoms with van der Waals surface area (Å²) in [7, 11) is 0. The first-order valence-electron chi connectivity index (χ1n) is 3.56. The van der Waals surface area contributed by atoms with Crippen molar-refractivity contribution in [2.45, 2.75) is 0 Å². The highest BCUT2D eigenvalue weighted by atomic mass is 35.5. The summed E-state index contributed by atoms with van der Waals surface area (Å²) >= 11 is 5.62. The fourth-order valence-corrected chi connectivity index (χ4v) is 1.02. The summed E-state index contributed by atoms with van der Waals surface area (Å²) in [6, 6.07) is 2.64. The molecule has 7 heteroatoms. The van der Waals surface area contributed by atoms with Crippen LogP contribution in [0.5, 0.6) is 0 Å². The molecule has 1 heterocycles. The van der Waals surface area contributed by atoms with Gasteiger partial charge in [-0.15, -0.1) is 0 Å². The largest absolute Gasteiger partial charge is 0.378 e. The van der Waals surface area contributed by atoms with Gasteiger partial charge >= 0.3 is 5.69 Å². The lowest BCUT2D eigenvalue weighted by Gasteiger charge is -1.98. The maximum atomic E-state index is 10.5. The highest BCUT2D eigenvalue weighted by molar-refractivity contribution is 6.30. The molecule has 2 N–H and O–H groups in total. The molecule has 1 rings (SSSR count). The first-order chi connectivity index (χ1) is 7.06. The van der Waals surface area contributed by atoms with Crippen LogP contribution in [0.4, 0.5) is 11.5 Å². The van der Waals surface area contributed by atoms with Crippen molar-refractivity contribution in [1.82, 2.24) is 4.98 Å². The number of rotatable bonds is 1. The Bertz CT molecular complexity index is 524. The number of aromatic nitrogens is 1. The van der Waals surface area contributed by atoms with Gasteiger partial charge in [0, 0.05) is 12.0 Å². The summed E-state index contributed by atoms with van der Waals surface area (Å²) in [6.45, 7) is 0. The Morgan fingerprint density at radius 3 is 2.87 bits per heavy atom. The molecule has 0 saturated carbocycles. The molecule has 74 valence electrons. The third-order valence-electron chi connectivity index (χ3n) is 1.43. The van der Waals surface area contributed by atoms with Crippen LogP contribution in [-0.4, -0.2) is 9.91 Å². The average molecular weight is 223 g/mol. The first-order valence-corrected chi connectivity index (χ1v) is 3.94. The molecule has 15 heavy (non-hydrogen) atoms. The van der Waals surface area contributed by atoms with Crippen LogP contribution in [0, 0.1) is 33.3 Å². The van der Waals surface area contributed by atoms with E-state index in [-0.39, 0.29) is 22.2 Å². The molecule has 0 radical (unpaired) electrons. The van der Waals surface area contributed by atoms with Crippen LogP contribution in [-0.2, 0) is 0 Å². The molecule has 0 aliphatic carbocycles. The van der Waals surface area contributed by atoms with Crippen molar-refractivity contribution in [2.24, 2.45) is 0 Å². The van der Waals surface area contributed by atoms with Crippen molar-refractivity contribution in [1.29, 1.82) is 5.26 Å². The lowest BCUT2D eigenvalue weighted by Crippen LogP contribution is -2.00. The predicted molar refractivity (Wildman–Crippen MR) is 52.8 cm³/mol. The monoisotopic (exact) mass is 222 g/mol. The molecule has 1 aromatic rings.